The third-order valence-electron chi connectivity index (χ3n) is 2.38. The molecule has 0 radical (unpaired) electrons. The molecule has 1 heteroatoms. The molecule has 1 heterocycles. The summed E-state index contributed by atoms with van der Waals surface area (Å²) in [5.41, 5.74) is 2.81. The smallest absolute Gasteiger partial charge is 0.122 e. The van der Waals surface area contributed by atoms with E-state index in [2.05, 4.69) is 25.1 Å². The standard InChI is InChI=1S/C11H14O.C2H6/c1-2-9-5-6-11-10(8-9)4-3-7-12-11;1-2/h5-6,8H,2-4,7H2,1H3;1-2H3. The summed E-state index contributed by atoms with van der Waals surface area (Å²) in [7, 11) is 0. The zero-order valence-electron chi connectivity index (χ0n) is 9.47. The van der Waals surface area contributed by atoms with Gasteiger partial charge in [-0.1, -0.05) is 32.9 Å². The van der Waals surface area contributed by atoms with Gasteiger partial charge in [-0.2, -0.15) is 0 Å². The van der Waals surface area contributed by atoms with Crippen LogP contribution in [0, 0.1) is 0 Å². The highest BCUT2D eigenvalue weighted by Gasteiger charge is 2.09. The molecule has 0 aliphatic carbocycles. The lowest BCUT2D eigenvalue weighted by atomic mass is 10.0. The van der Waals surface area contributed by atoms with E-state index in [-0.39, 0.29) is 0 Å². The Morgan fingerprint density at radius 2 is 2.07 bits per heavy atom. The number of ether oxygens (including phenoxy) is 1. The Bertz CT molecular complexity index is 279. The maximum absolute atomic E-state index is 5.52. The summed E-state index contributed by atoms with van der Waals surface area (Å²) < 4.78 is 5.52. The predicted octanol–water partition coefficient (Wildman–Crippen LogP) is 3.60. The van der Waals surface area contributed by atoms with Crippen LogP contribution >= 0.6 is 0 Å². The van der Waals surface area contributed by atoms with Crippen LogP contribution in [0.15, 0.2) is 18.2 Å². The van der Waals surface area contributed by atoms with Gasteiger partial charge in [-0.25, -0.2) is 0 Å². The van der Waals surface area contributed by atoms with E-state index in [0.29, 0.717) is 0 Å². The van der Waals surface area contributed by atoms with Crippen LogP contribution in [0.1, 0.15) is 38.3 Å². The van der Waals surface area contributed by atoms with Crippen molar-refractivity contribution in [3.8, 4) is 5.75 Å². The topological polar surface area (TPSA) is 9.23 Å². The van der Waals surface area contributed by atoms with Crippen LogP contribution in [-0.4, -0.2) is 6.61 Å². The number of hydrogen-bond acceptors (Lipinski definition) is 1. The highest BCUT2D eigenvalue weighted by molar-refractivity contribution is 5.38. The van der Waals surface area contributed by atoms with Crippen LogP contribution in [0.2, 0.25) is 0 Å². The van der Waals surface area contributed by atoms with E-state index in [1.807, 2.05) is 13.8 Å². The molecule has 0 aromatic heterocycles. The van der Waals surface area contributed by atoms with Crippen molar-refractivity contribution >= 4 is 0 Å². The molecule has 0 bridgehead atoms. The number of fused-ring (bicyclic) bond motifs is 1. The van der Waals surface area contributed by atoms with Crippen molar-refractivity contribution < 1.29 is 4.74 Å². The second-order valence-corrected chi connectivity index (χ2v) is 3.25. The molecule has 1 aliphatic rings. The number of hydrogen-bond donors (Lipinski definition) is 0. The molecule has 0 atom stereocenters. The van der Waals surface area contributed by atoms with Crippen LogP contribution in [0.25, 0.3) is 0 Å². The molecule has 0 fully saturated rings. The zero-order valence-corrected chi connectivity index (χ0v) is 9.47. The average molecular weight is 192 g/mol. The van der Waals surface area contributed by atoms with Crippen molar-refractivity contribution in [2.24, 2.45) is 0 Å². The second-order valence-electron chi connectivity index (χ2n) is 3.25. The van der Waals surface area contributed by atoms with Gasteiger partial charge in [-0.3, -0.25) is 0 Å². The van der Waals surface area contributed by atoms with Crippen LogP contribution in [0.5, 0.6) is 5.75 Å². The monoisotopic (exact) mass is 192 g/mol. The van der Waals surface area contributed by atoms with Gasteiger partial charge < -0.3 is 4.74 Å². The Balaban J connectivity index is 0.000000461. The predicted molar refractivity (Wildman–Crippen MR) is 61.0 cm³/mol. The summed E-state index contributed by atoms with van der Waals surface area (Å²) in [4.78, 5) is 0. The lowest BCUT2D eigenvalue weighted by Gasteiger charge is -2.17. The average Bonchev–Trinajstić information content (AvgIpc) is 2.31. The van der Waals surface area contributed by atoms with Crippen molar-refractivity contribution in [3.05, 3.63) is 29.3 Å². The van der Waals surface area contributed by atoms with E-state index in [1.165, 1.54) is 24.0 Å². The van der Waals surface area contributed by atoms with E-state index in [1.54, 1.807) is 0 Å². The molecule has 0 N–H and O–H groups in total. The number of aryl methyl sites for hydroxylation is 2. The summed E-state index contributed by atoms with van der Waals surface area (Å²) in [5.74, 6) is 1.10. The summed E-state index contributed by atoms with van der Waals surface area (Å²) >= 11 is 0. The van der Waals surface area contributed by atoms with E-state index < -0.39 is 0 Å². The first-order valence-corrected chi connectivity index (χ1v) is 5.65. The third kappa shape index (κ3) is 2.50. The molecule has 0 unspecified atom stereocenters. The summed E-state index contributed by atoms with van der Waals surface area (Å²) in [6.45, 7) is 7.07. The van der Waals surface area contributed by atoms with Gasteiger partial charge in [0.2, 0.25) is 0 Å². The maximum atomic E-state index is 5.52. The highest BCUT2D eigenvalue weighted by atomic mass is 16.5. The van der Waals surface area contributed by atoms with Gasteiger partial charge >= 0.3 is 0 Å². The Labute approximate surface area is 87.1 Å². The molecular formula is C13H20O. The summed E-state index contributed by atoms with van der Waals surface area (Å²) in [6, 6.07) is 6.53. The number of benzene rings is 1. The minimum absolute atomic E-state index is 0.887. The molecule has 78 valence electrons. The fourth-order valence-electron chi connectivity index (χ4n) is 1.63. The normalized spacial score (nSPS) is 13.4. The molecule has 1 nitrogen and oxygen atoms in total. The zero-order chi connectivity index (χ0) is 10.4. The minimum atomic E-state index is 0.887. The van der Waals surface area contributed by atoms with E-state index >= 15 is 0 Å². The third-order valence-corrected chi connectivity index (χ3v) is 2.38. The van der Waals surface area contributed by atoms with E-state index in [0.717, 1.165) is 18.8 Å². The fourth-order valence-corrected chi connectivity index (χ4v) is 1.63. The van der Waals surface area contributed by atoms with Gasteiger partial charge in [-0.05, 0) is 36.5 Å². The Hall–Kier alpha value is -0.980. The Morgan fingerprint density at radius 1 is 1.29 bits per heavy atom. The minimum Gasteiger partial charge on any atom is -0.493 e. The molecule has 14 heavy (non-hydrogen) atoms. The van der Waals surface area contributed by atoms with Crippen molar-refractivity contribution in [2.45, 2.75) is 40.0 Å². The lowest BCUT2D eigenvalue weighted by molar-refractivity contribution is 0.288. The van der Waals surface area contributed by atoms with E-state index in [9.17, 15) is 0 Å². The fraction of sp³-hybridized carbons (Fsp3) is 0.538. The first-order chi connectivity index (χ1) is 6.90. The first kappa shape index (κ1) is 11.1. The molecule has 1 aromatic rings. The SMILES string of the molecule is CC.CCc1ccc2c(c1)CCCO2. The Morgan fingerprint density at radius 3 is 2.79 bits per heavy atom. The van der Waals surface area contributed by atoms with Gasteiger partial charge in [-0.15, -0.1) is 0 Å². The maximum Gasteiger partial charge on any atom is 0.122 e. The number of rotatable bonds is 1. The van der Waals surface area contributed by atoms with Crippen molar-refractivity contribution in [3.63, 3.8) is 0 Å². The molecule has 1 aromatic carbocycles. The molecule has 0 saturated heterocycles. The summed E-state index contributed by atoms with van der Waals surface area (Å²) in [6.07, 6.45) is 3.47. The van der Waals surface area contributed by atoms with Gasteiger partial charge in [0.05, 0.1) is 6.61 Å². The van der Waals surface area contributed by atoms with Crippen molar-refractivity contribution in [1.29, 1.82) is 0 Å². The molecule has 2 rings (SSSR count). The van der Waals surface area contributed by atoms with Crippen LogP contribution < -0.4 is 4.74 Å². The first-order valence-electron chi connectivity index (χ1n) is 5.65. The van der Waals surface area contributed by atoms with Crippen LogP contribution in [-0.2, 0) is 12.8 Å². The molecule has 0 saturated carbocycles. The van der Waals surface area contributed by atoms with Crippen molar-refractivity contribution in [1.82, 2.24) is 0 Å². The molecule has 1 aliphatic heterocycles. The lowest BCUT2D eigenvalue weighted by Crippen LogP contribution is -2.08. The second kappa shape index (κ2) is 5.69. The van der Waals surface area contributed by atoms with Crippen molar-refractivity contribution in [2.75, 3.05) is 6.61 Å². The Kier molecular flexibility index (Phi) is 4.51. The molecule has 0 amide bonds. The van der Waals surface area contributed by atoms with Gasteiger partial charge in [0, 0.05) is 0 Å². The van der Waals surface area contributed by atoms with Gasteiger partial charge in [0.25, 0.3) is 0 Å². The van der Waals surface area contributed by atoms with Gasteiger partial charge in [0.1, 0.15) is 5.75 Å². The highest BCUT2D eigenvalue weighted by Crippen LogP contribution is 2.25. The molecule has 0 spiro atoms. The van der Waals surface area contributed by atoms with Gasteiger partial charge in [0.15, 0.2) is 0 Å². The van der Waals surface area contributed by atoms with Crippen LogP contribution in [0.3, 0.4) is 0 Å². The quantitative estimate of drug-likeness (QED) is 0.660. The molecular weight excluding hydrogens is 172 g/mol. The summed E-state index contributed by atoms with van der Waals surface area (Å²) in [5, 5.41) is 0. The van der Waals surface area contributed by atoms with Crippen LogP contribution in [0.4, 0.5) is 0 Å². The largest absolute Gasteiger partial charge is 0.493 e. The van der Waals surface area contributed by atoms with E-state index in [4.69, 9.17) is 4.74 Å².